The van der Waals surface area contributed by atoms with Crippen molar-refractivity contribution in [2.45, 2.75) is 19.4 Å². The number of hydrogen-bond donors (Lipinski definition) is 1. The summed E-state index contributed by atoms with van der Waals surface area (Å²) in [4.78, 5) is 6.29. The van der Waals surface area contributed by atoms with Crippen LogP contribution in [0.1, 0.15) is 24.3 Å². The number of hydrogen-bond acceptors (Lipinski definition) is 3. The Morgan fingerprint density at radius 3 is 2.84 bits per heavy atom. The summed E-state index contributed by atoms with van der Waals surface area (Å²) in [5.41, 5.74) is 3.63. The van der Waals surface area contributed by atoms with Crippen molar-refractivity contribution in [3.8, 4) is 0 Å². The van der Waals surface area contributed by atoms with Crippen molar-refractivity contribution in [1.29, 1.82) is 0 Å². The van der Waals surface area contributed by atoms with Gasteiger partial charge in [-0.2, -0.15) is 0 Å². The summed E-state index contributed by atoms with van der Waals surface area (Å²) < 4.78 is 13.3. The second kappa shape index (κ2) is 4.63. The lowest BCUT2D eigenvalue weighted by molar-refractivity contribution is 0.194. The van der Waals surface area contributed by atoms with Gasteiger partial charge in [-0.05, 0) is 43.2 Å². The van der Waals surface area contributed by atoms with E-state index in [1.54, 1.807) is 25.3 Å². The van der Waals surface area contributed by atoms with Gasteiger partial charge in [0.05, 0.1) is 23.7 Å². The van der Waals surface area contributed by atoms with Crippen LogP contribution in [0.2, 0.25) is 0 Å². The number of halogens is 1. The van der Waals surface area contributed by atoms with Gasteiger partial charge in [-0.15, -0.1) is 0 Å². The van der Waals surface area contributed by atoms with Crippen molar-refractivity contribution < 1.29 is 9.50 Å². The molecule has 1 aliphatic heterocycles. The first kappa shape index (κ1) is 12.1. The molecule has 1 atom stereocenters. The smallest absolute Gasteiger partial charge is 0.125 e. The molecule has 0 saturated carbocycles. The highest BCUT2D eigenvalue weighted by Gasteiger charge is 2.21. The molecule has 98 valence electrons. The Balaban J connectivity index is 1.95. The Kier molecular flexibility index (Phi) is 2.95. The van der Waals surface area contributed by atoms with Gasteiger partial charge in [0.2, 0.25) is 0 Å². The molecule has 0 amide bonds. The van der Waals surface area contributed by atoms with Crippen molar-refractivity contribution in [1.82, 2.24) is 4.98 Å². The van der Waals surface area contributed by atoms with Crippen LogP contribution in [0.3, 0.4) is 0 Å². The summed E-state index contributed by atoms with van der Waals surface area (Å²) in [6, 6.07) is 8.61. The number of aliphatic hydroxyl groups excluding tert-OH is 1. The summed E-state index contributed by atoms with van der Waals surface area (Å²) in [5.74, 6) is -0.223. The minimum absolute atomic E-state index is 0.223. The van der Waals surface area contributed by atoms with Crippen molar-refractivity contribution in [2.75, 3.05) is 11.4 Å². The van der Waals surface area contributed by atoms with E-state index in [0.717, 1.165) is 29.9 Å². The molecular formula is C15H15FN2O. The zero-order chi connectivity index (χ0) is 13.4. The Bertz CT molecular complexity index is 596. The third-order valence-corrected chi connectivity index (χ3v) is 3.45. The molecule has 1 N–H and O–H groups in total. The third kappa shape index (κ3) is 2.19. The number of anilines is 2. The number of aliphatic hydroxyl groups is 1. The van der Waals surface area contributed by atoms with E-state index in [4.69, 9.17) is 0 Å². The molecule has 0 spiro atoms. The average molecular weight is 258 g/mol. The first-order valence-corrected chi connectivity index (χ1v) is 6.35. The summed E-state index contributed by atoms with van der Waals surface area (Å²) >= 11 is 0. The first-order chi connectivity index (χ1) is 9.15. The van der Waals surface area contributed by atoms with Crippen LogP contribution in [-0.2, 0) is 6.42 Å². The molecule has 1 aliphatic rings. The Labute approximate surface area is 111 Å². The monoisotopic (exact) mass is 258 g/mol. The Hall–Kier alpha value is -1.94. The van der Waals surface area contributed by atoms with Crippen LogP contribution in [0, 0.1) is 5.82 Å². The van der Waals surface area contributed by atoms with Crippen molar-refractivity contribution in [2.24, 2.45) is 0 Å². The fourth-order valence-corrected chi connectivity index (χ4v) is 2.42. The molecule has 2 aromatic rings. The lowest BCUT2D eigenvalue weighted by Crippen LogP contribution is -2.13. The van der Waals surface area contributed by atoms with E-state index < -0.39 is 6.10 Å². The van der Waals surface area contributed by atoms with Crippen LogP contribution in [0.5, 0.6) is 0 Å². The minimum atomic E-state index is -0.572. The van der Waals surface area contributed by atoms with Crippen LogP contribution in [-0.4, -0.2) is 16.6 Å². The molecule has 0 saturated heterocycles. The van der Waals surface area contributed by atoms with Gasteiger partial charge in [0, 0.05) is 12.2 Å². The van der Waals surface area contributed by atoms with Gasteiger partial charge >= 0.3 is 0 Å². The summed E-state index contributed by atoms with van der Waals surface area (Å²) in [7, 11) is 0. The molecule has 19 heavy (non-hydrogen) atoms. The molecular weight excluding hydrogens is 243 g/mol. The number of fused-ring (bicyclic) bond motifs is 1. The molecule has 3 nitrogen and oxygen atoms in total. The molecule has 1 aromatic carbocycles. The zero-order valence-corrected chi connectivity index (χ0v) is 10.7. The molecule has 0 bridgehead atoms. The Morgan fingerprint density at radius 1 is 1.32 bits per heavy atom. The number of aromatic nitrogens is 1. The molecule has 0 radical (unpaired) electrons. The van der Waals surface area contributed by atoms with Gasteiger partial charge in [0.1, 0.15) is 5.82 Å². The van der Waals surface area contributed by atoms with Gasteiger partial charge < -0.3 is 10.0 Å². The maximum absolute atomic E-state index is 13.3. The predicted octanol–water partition coefficient (Wildman–Crippen LogP) is 2.97. The highest BCUT2D eigenvalue weighted by Crippen LogP contribution is 2.34. The number of rotatable bonds is 2. The van der Waals surface area contributed by atoms with E-state index in [9.17, 15) is 9.50 Å². The van der Waals surface area contributed by atoms with Gasteiger partial charge in [-0.25, -0.2) is 4.39 Å². The third-order valence-electron chi connectivity index (χ3n) is 3.45. The summed E-state index contributed by atoms with van der Waals surface area (Å²) in [6.45, 7) is 2.51. The molecule has 2 heterocycles. The van der Waals surface area contributed by atoms with E-state index >= 15 is 0 Å². The first-order valence-electron chi connectivity index (χ1n) is 6.35. The van der Waals surface area contributed by atoms with Crippen LogP contribution in [0.4, 0.5) is 15.8 Å². The summed E-state index contributed by atoms with van der Waals surface area (Å²) in [6.07, 6.45) is 2.06. The highest BCUT2D eigenvalue weighted by atomic mass is 19.1. The van der Waals surface area contributed by atoms with E-state index in [1.807, 2.05) is 12.1 Å². The fraction of sp³-hybridized carbons (Fsp3) is 0.267. The summed E-state index contributed by atoms with van der Waals surface area (Å²) in [5, 5.41) is 9.45. The molecule has 1 aromatic heterocycles. The number of pyridine rings is 1. The van der Waals surface area contributed by atoms with Gasteiger partial charge in [-0.1, -0.05) is 6.07 Å². The molecule has 4 heteroatoms. The molecule has 0 aliphatic carbocycles. The second-order valence-corrected chi connectivity index (χ2v) is 4.79. The quantitative estimate of drug-likeness (QED) is 0.899. The maximum atomic E-state index is 13.3. The van der Waals surface area contributed by atoms with E-state index in [2.05, 4.69) is 9.88 Å². The zero-order valence-electron chi connectivity index (χ0n) is 10.7. The van der Waals surface area contributed by atoms with Crippen molar-refractivity contribution in [3.63, 3.8) is 0 Å². The standard InChI is InChI=1S/C15H15FN2O/c1-10(19)14-5-4-13(9-17-14)18-7-6-11-2-3-12(16)8-15(11)18/h2-5,8-10,19H,6-7H2,1H3/t10-/m0/s1. The number of benzene rings is 1. The maximum Gasteiger partial charge on any atom is 0.125 e. The van der Waals surface area contributed by atoms with E-state index in [1.165, 1.54) is 6.07 Å². The highest BCUT2D eigenvalue weighted by molar-refractivity contribution is 5.69. The average Bonchev–Trinajstić information content (AvgIpc) is 2.81. The molecule has 0 unspecified atom stereocenters. The van der Waals surface area contributed by atoms with Gasteiger partial charge in [0.25, 0.3) is 0 Å². The van der Waals surface area contributed by atoms with Crippen LogP contribution in [0.15, 0.2) is 36.5 Å². The van der Waals surface area contributed by atoms with Crippen LogP contribution in [0.25, 0.3) is 0 Å². The minimum Gasteiger partial charge on any atom is -0.387 e. The van der Waals surface area contributed by atoms with E-state index in [0.29, 0.717) is 5.69 Å². The second-order valence-electron chi connectivity index (χ2n) is 4.79. The molecule has 0 fully saturated rings. The van der Waals surface area contributed by atoms with Gasteiger partial charge in [-0.3, -0.25) is 4.98 Å². The van der Waals surface area contributed by atoms with E-state index in [-0.39, 0.29) is 5.82 Å². The lowest BCUT2D eigenvalue weighted by atomic mass is 10.1. The number of nitrogens with zero attached hydrogens (tertiary/aromatic N) is 2. The topological polar surface area (TPSA) is 36.4 Å². The SMILES string of the molecule is C[C@H](O)c1ccc(N2CCc3ccc(F)cc32)cn1. The van der Waals surface area contributed by atoms with Crippen LogP contribution < -0.4 is 4.90 Å². The van der Waals surface area contributed by atoms with Crippen LogP contribution >= 0.6 is 0 Å². The largest absolute Gasteiger partial charge is 0.387 e. The van der Waals surface area contributed by atoms with Crippen molar-refractivity contribution >= 4 is 11.4 Å². The predicted molar refractivity (Wildman–Crippen MR) is 72.0 cm³/mol. The van der Waals surface area contributed by atoms with Gasteiger partial charge in [0.15, 0.2) is 0 Å². The fourth-order valence-electron chi connectivity index (χ4n) is 2.42. The molecule has 3 rings (SSSR count). The Morgan fingerprint density at radius 2 is 2.16 bits per heavy atom. The lowest BCUT2D eigenvalue weighted by Gasteiger charge is -2.19. The normalized spacial score (nSPS) is 15.4. The van der Waals surface area contributed by atoms with Crippen molar-refractivity contribution in [3.05, 3.63) is 53.6 Å².